The first-order valence-electron chi connectivity index (χ1n) is 10.6. The smallest absolute Gasteiger partial charge is 0.319 e. The van der Waals surface area contributed by atoms with Crippen LogP contribution in [0.3, 0.4) is 0 Å². The summed E-state index contributed by atoms with van der Waals surface area (Å²) in [6.45, 7) is 15.1. The number of para-hydroxylation sites is 1. The van der Waals surface area contributed by atoms with Crippen LogP contribution in [0.25, 0.3) is 5.69 Å². The van der Waals surface area contributed by atoms with Gasteiger partial charge in [0.1, 0.15) is 0 Å². The third kappa shape index (κ3) is 4.99. The molecule has 1 aromatic heterocycles. The minimum atomic E-state index is -0.148. The highest BCUT2D eigenvalue weighted by atomic mass is 16.2. The number of urea groups is 1. The zero-order valence-corrected chi connectivity index (χ0v) is 18.6. The summed E-state index contributed by atoms with van der Waals surface area (Å²) in [7, 11) is 0. The average Bonchev–Trinajstić information content (AvgIpc) is 3.05. The maximum atomic E-state index is 12.7. The highest BCUT2D eigenvalue weighted by Crippen LogP contribution is 2.28. The van der Waals surface area contributed by atoms with E-state index in [4.69, 9.17) is 0 Å². The van der Waals surface area contributed by atoms with Gasteiger partial charge in [-0.2, -0.15) is 5.10 Å². The van der Waals surface area contributed by atoms with E-state index in [0.29, 0.717) is 0 Å². The standard InChI is InChI=1S/C23H35N5O/c1-16(2)21-19(15-24-28(21)20-10-8-7-9-17(20)3)26-22(29)25-18-11-13-27(14-12-18)23(4,5)6/h7-10,15-16,18H,11-14H2,1-6H3,(H2,25,26,29). The van der Waals surface area contributed by atoms with Crippen molar-refractivity contribution in [1.29, 1.82) is 0 Å². The normalized spacial score (nSPS) is 16.2. The first-order chi connectivity index (χ1) is 13.7. The van der Waals surface area contributed by atoms with E-state index in [2.05, 4.69) is 74.3 Å². The van der Waals surface area contributed by atoms with Gasteiger partial charge < -0.3 is 10.6 Å². The lowest BCUT2D eigenvalue weighted by atomic mass is 9.98. The molecule has 158 valence electrons. The van der Waals surface area contributed by atoms with Crippen molar-refractivity contribution in [2.45, 2.75) is 71.9 Å². The molecule has 1 aromatic carbocycles. The second kappa shape index (κ2) is 8.57. The molecule has 2 heterocycles. The molecule has 6 heteroatoms. The number of benzene rings is 1. The van der Waals surface area contributed by atoms with Gasteiger partial charge in [-0.3, -0.25) is 4.90 Å². The minimum absolute atomic E-state index is 0.148. The number of nitrogens with zero attached hydrogens (tertiary/aromatic N) is 3. The number of anilines is 1. The van der Waals surface area contributed by atoms with Crippen LogP contribution in [0.1, 0.15) is 64.6 Å². The van der Waals surface area contributed by atoms with Gasteiger partial charge in [0.15, 0.2) is 0 Å². The fraction of sp³-hybridized carbons (Fsp3) is 0.565. The molecule has 0 saturated carbocycles. The Balaban J connectivity index is 1.68. The van der Waals surface area contributed by atoms with E-state index in [1.54, 1.807) is 6.20 Å². The van der Waals surface area contributed by atoms with E-state index in [1.165, 1.54) is 0 Å². The number of nitrogens with one attached hydrogen (secondary N) is 2. The molecule has 0 bridgehead atoms. The van der Waals surface area contributed by atoms with Crippen LogP contribution in [0, 0.1) is 6.92 Å². The van der Waals surface area contributed by atoms with Gasteiger partial charge >= 0.3 is 6.03 Å². The van der Waals surface area contributed by atoms with E-state index < -0.39 is 0 Å². The number of likely N-dealkylation sites (tertiary alicyclic amines) is 1. The second-order valence-electron chi connectivity index (χ2n) is 9.33. The fourth-order valence-corrected chi connectivity index (χ4v) is 4.04. The van der Waals surface area contributed by atoms with Crippen molar-refractivity contribution in [1.82, 2.24) is 20.0 Å². The van der Waals surface area contributed by atoms with E-state index in [-0.39, 0.29) is 23.5 Å². The molecule has 0 radical (unpaired) electrons. The molecular formula is C23H35N5O. The van der Waals surface area contributed by atoms with Crippen molar-refractivity contribution in [2.24, 2.45) is 0 Å². The number of piperidine rings is 1. The maximum Gasteiger partial charge on any atom is 0.319 e. The molecule has 6 nitrogen and oxygen atoms in total. The predicted octanol–water partition coefficient (Wildman–Crippen LogP) is 4.69. The lowest BCUT2D eigenvalue weighted by molar-refractivity contribution is 0.0983. The lowest BCUT2D eigenvalue weighted by Gasteiger charge is -2.41. The third-order valence-corrected chi connectivity index (χ3v) is 5.72. The van der Waals surface area contributed by atoms with Crippen molar-refractivity contribution in [3.63, 3.8) is 0 Å². The molecular weight excluding hydrogens is 362 g/mol. The molecule has 1 saturated heterocycles. The topological polar surface area (TPSA) is 62.2 Å². The molecule has 2 aromatic rings. The summed E-state index contributed by atoms with van der Waals surface area (Å²) in [6.07, 6.45) is 3.71. The Bertz CT molecular complexity index is 841. The Kier molecular flexibility index (Phi) is 6.32. The van der Waals surface area contributed by atoms with Crippen LogP contribution in [0.5, 0.6) is 0 Å². The SMILES string of the molecule is Cc1ccccc1-n1ncc(NC(=O)NC2CCN(C(C)(C)C)CC2)c1C(C)C. The number of carbonyl (C=O) groups excluding carboxylic acids is 1. The number of carbonyl (C=O) groups is 1. The predicted molar refractivity (Wildman–Crippen MR) is 119 cm³/mol. The summed E-state index contributed by atoms with van der Waals surface area (Å²) < 4.78 is 1.94. The first-order valence-corrected chi connectivity index (χ1v) is 10.6. The zero-order chi connectivity index (χ0) is 21.2. The lowest BCUT2D eigenvalue weighted by Crippen LogP contribution is -2.51. The van der Waals surface area contributed by atoms with Gasteiger partial charge in [0, 0.05) is 24.7 Å². The zero-order valence-electron chi connectivity index (χ0n) is 18.6. The van der Waals surface area contributed by atoms with Crippen LogP contribution >= 0.6 is 0 Å². The summed E-state index contributed by atoms with van der Waals surface area (Å²) in [4.78, 5) is 15.2. The Morgan fingerprint density at radius 1 is 1.17 bits per heavy atom. The van der Waals surface area contributed by atoms with E-state index in [9.17, 15) is 4.79 Å². The summed E-state index contributed by atoms with van der Waals surface area (Å²) in [5, 5.41) is 10.8. The van der Waals surface area contributed by atoms with Crippen LogP contribution in [0.2, 0.25) is 0 Å². The molecule has 1 aliphatic rings. The monoisotopic (exact) mass is 397 g/mol. The van der Waals surface area contributed by atoms with E-state index >= 15 is 0 Å². The highest BCUT2D eigenvalue weighted by Gasteiger charge is 2.28. The fourth-order valence-electron chi connectivity index (χ4n) is 4.04. The Labute approximate surface area is 174 Å². The van der Waals surface area contributed by atoms with Gasteiger partial charge in [0.25, 0.3) is 0 Å². The molecule has 0 atom stereocenters. The van der Waals surface area contributed by atoms with Gasteiger partial charge in [-0.1, -0.05) is 32.0 Å². The minimum Gasteiger partial charge on any atom is -0.335 e. The van der Waals surface area contributed by atoms with E-state index in [0.717, 1.165) is 48.6 Å². The number of amides is 2. The molecule has 29 heavy (non-hydrogen) atoms. The number of aryl methyl sites for hydroxylation is 1. The summed E-state index contributed by atoms with van der Waals surface area (Å²) in [5.74, 6) is 0.224. The van der Waals surface area contributed by atoms with Gasteiger partial charge in [-0.05, 0) is 58.1 Å². The van der Waals surface area contributed by atoms with E-state index in [1.807, 2.05) is 16.8 Å². The number of hydrogen-bond acceptors (Lipinski definition) is 3. The molecule has 0 aliphatic carbocycles. The summed E-state index contributed by atoms with van der Waals surface area (Å²) in [6, 6.07) is 8.23. The van der Waals surface area contributed by atoms with Crippen LogP contribution in [-0.2, 0) is 0 Å². The van der Waals surface area contributed by atoms with Crippen molar-refractivity contribution in [3.05, 3.63) is 41.7 Å². The van der Waals surface area contributed by atoms with Crippen molar-refractivity contribution < 1.29 is 4.79 Å². The van der Waals surface area contributed by atoms with Crippen LogP contribution in [-0.4, -0.2) is 45.4 Å². The van der Waals surface area contributed by atoms with Crippen LogP contribution in [0.4, 0.5) is 10.5 Å². The van der Waals surface area contributed by atoms with Crippen molar-refractivity contribution in [3.8, 4) is 5.69 Å². The number of aromatic nitrogens is 2. The van der Waals surface area contributed by atoms with Crippen molar-refractivity contribution in [2.75, 3.05) is 18.4 Å². The van der Waals surface area contributed by atoms with Crippen LogP contribution in [0.15, 0.2) is 30.5 Å². The highest BCUT2D eigenvalue weighted by molar-refractivity contribution is 5.90. The Morgan fingerprint density at radius 3 is 2.41 bits per heavy atom. The Morgan fingerprint density at radius 2 is 1.83 bits per heavy atom. The van der Waals surface area contributed by atoms with Gasteiger partial charge in [0.05, 0.1) is 23.3 Å². The Hall–Kier alpha value is -2.34. The molecule has 1 fully saturated rings. The average molecular weight is 398 g/mol. The van der Waals surface area contributed by atoms with Gasteiger partial charge in [-0.15, -0.1) is 0 Å². The first kappa shape index (κ1) is 21.4. The quantitative estimate of drug-likeness (QED) is 0.787. The van der Waals surface area contributed by atoms with Crippen LogP contribution < -0.4 is 10.6 Å². The second-order valence-corrected chi connectivity index (χ2v) is 9.33. The maximum absolute atomic E-state index is 12.7. The summed E-state index contributed by atoms with van der Waals surface area (Å²) >= 11 is 0. The summed E-state index contributed by atoms with van der Waals surface area (Å²) in [5.41, 5.74) is 4.16. The van der Waals surface area contributed by atoms with Crippen molar-refractivity contribution >= 4 is 11.7 Å². The molecule has 0 spiro atoms. The van der Waals surface area contributed by atoms with Gasteiger partial charge in [0.2, 0.25) is 0 Å². The third-order valence-electron chi connectivity index (χ3n) is 5.72. The molecule has 3 rings (SSSR count). The molecule has 2 amide bonds. The number of rotatable bonds is 4. The number of hydrogen-bond donors (Lipinski definition) is 2. The van der Waals surface area contributed by atoms with Gasteiger partial charge in [-0.25, -0.2) is 9.48 Å². The largest absolute Gasteiger partial charge is 0.335 e. The molecule has 2 N–H and O–H groups in total. The molecule has 1 aliphatic heterocycles. The molecule has 0 unspecified atom stereocenters.